The maximum atomic E-state index is 13.1. The number of hydrogen-bond acceptors (Lipinski definition) is 4. The summed E-state index contributed by atoms with van der Waals surface area (Å²) in [6, 6.07) is 7.70. The van der Waals surface area contributed by atoms with Gasteiger partial charge in [-0.2, -0.15) is 8.42 Å². The lowest BCUT2D eigenvalue weighted by Gasteiger charge is -2.26. The number of aryl methyl sites for hydroxylation is 1. The van der Waals surface area contributed by atoms with E-state index in [2.05, 4.69) is 0 Å². The third-order valence-corrected chi connectivity index (χ3v) is 5.92. The molecular formula is C18H19FN2O3S. The van der Waals surface area contributed by atoms with Gasteiger partial charge in [0.1, 0.15) is 0 Å². The van der Waals surface area contributed by atoms with Crippen molar-refractivity contribution in [3.05, 3.63) is 35.5 Å². The molecule has 1 aromatic heterocycles. The van der Waals surface area contributed by atoms with E-state index in [1.165, 1.54) is 0 Å². The standard InChI is InChI=1S/C18H19FN2O3S/c19-25(23,24)11-12-9-17(22)21(10-12)18-13-5-1-3-7-15(13)20-16-8-4-2-6-14(16)18/h1,3,5,7,12H,2,4,6,8-11H2. The Morgan fingerprint density at radius 3 is 2.76 bits per heavy atom. The number of halogens is 1. The summed E-state index contributed by atoms with van der Waals surface area (Å²) in [6.07, 6.45) is 3.93. The first kappa shape index (κ1) is 16.4. The van der Waals surface area contributed by atoms with E-state index in [1.54, 1.807) is 4.90 Å². The van der Waals surface area contributed by atoms with Gasteiger partial charge in [-0.1, -0.05) is 18.2 Å². The van der Waals surface area contributed by atoms with Gasteiger partial charge in [-0.15, -0.1) is 3.89 Å². The van der Waals surface area contributed by atoms with Crippen molar-refractivity contribution in [3.8, 4) is 0 Å². The van der Waals surface area contributed by atoms with Gasteiger partial charge in [-0.25, -0.2) is 0 Å². The van der Waals surface area contributed by atoms with Crippen LogP contribution in [-0.4, -0.2) is 31.6 Å². The maximum absolute atomic E-state index is 13.1. The summed E-state index contributed by atoms with van der Waals surface area (Å²) >= 11 is 0. The zero-order chi connectivity index (χ0) is 17.6. The molecule has 0 bridgehead atoms. The average Bonchev–Trinajstić information content (AvgIpc) is 2.90. The maximum Gasteiger partial charge on any atom is 0.302 e. The fourth-order valence-electron chi connectivity index (χ4n) is 4.05. The summed E-state index contributed by atoms with van der Waals surface area (Å²) in [4.78, 5) is 19.0. The largest absolute Gasteiger partial charge is 0.311 e. The highest BCUT2D eigenvalue weighted by molar-refractivity contribution is 7.86. The van der Waals surface area contributed by atoms with Crippen molar-refractivity contribution >= 4 is 32.7 Å². The first-order valence-corrected chi connectivity index (χ1v) is 10.1. The lowest BCUT2D eigenvalue weighted by Crippen LogP contribution is -2.28. The van der Waals surface area contributed by atoms with Gasteiger partial charge in [0.05, 0.1) is 17.0 Å². The number of hydrogen-bond donors (Lipinski definition) is 0. The molecule has 1 amide bonds. The molecule has 0 N–H and O–H groups in total. The molecule has 7 heteroatoms. The molecule has 0 spiro atoms. The second-order valence-corrected chi connectivity index (χ2v) is 8.30. The van der Waals surface area contributed by atoms with Crippen molar-refractivity contribution in [3.63, 3.8) is 0 Å². The fourth-order valence-corrected chi connectivity index (χ4v) is 4.83. The fraction of sp³-hybridized carbons (Fsp3) is 0.444. The molecule has 1 saturated heterocycles. The molecule has 1 fully saturated rings. The third-order valence-electron chi connectivity index (χ3n) is 5.05. The van der Waals surface area contributed by atoms with Crippen LogP contribution < -0.4 is 4.90 Å². The van der Waals surface area contributed by atoms with Crippen LogP contribution in [0.15, 0.2) is 24.3 Å². The van der Waals surface area contributed by atoms with Crippen molar-refractivity contribution in [2.24, 2.45) is 5.92 Å². The Morgan fingerprint density at radius 2 is 1.96 bits per heavy atom. The number of nitrogens with zero attached hydrogens (tertiary/aromatic N) is 2. The van der Waals surface area contributed by atoms with Crippen LogP contribution in [0.5, 0.6) is 0 Å². The van der Waals surface area contributed by atoms with Crippen LogP contribution in [0.1, 0.15) is 30.5 Å². The number of aromatic nitrogens is 1. The van der Waals surface area contributed by atoms with E-state index in [0.717, 1.165) is 53.5 Å². The van der Waals surface area contributed by atoms with Gasteiger partial charge >= 0.3 is 10.2 Å². The zero-order valence-corrected chi connectivity index (χ0v) is 14.6. The highest BCUT2D eigenvalue weighted by Gasteiger charge is 2.36. The summed E-state index contributed by atoms with van der Waals surface area (Å²) in [5, 5.41) is 0.903. The number of anilines is 1. The number of pyridine rings is 1. The van der Waals surface area contributed by atoms with E-state index in [-0.39, 0.29) is 18.9 Å². The number of amides is 1. The molecule has 0 radical (unpaired) electrons. The molecular weight excluding hydrogens is 343 g/mol. The van der Waals surface area contributed by atoms with Crippen LogP contribution in [0, 0.1) is 5.92 Å². The summed E-state index contributed by atoms with van der Waals surface area (Å²) in [7, 11) is -4.59. The molecule has 1 aromatic carbocycles. The molecule has 2 heterocycles. The Labute approximate surface area is 146 Å². The number of rotatable bonds is 3. The van der Waals surface area contributed by atoms with Crippen LogP contribution in [0.25, 0.3) is 10.9 Å². The van der Waals surface area contributed by atoms with E-state index >= 15 is 0 Å². The van der Waals surface area contributed by atoms with E-state index in [4.69, 9.17) is 4.98 Å². The monoisotopic (exact) mass is 362 g/mol. The van der Waals surface area contributed by atoms with Crippen molar-refractivity contribution in [2.75, 3.05) is 17.2 Å². The van der Waals surface area contributed by atoms with Gasteiger partial charge in [0, 0.05) is 30.0 Å². The summed E-state index contributed by atoms with van der Waals surface area (Å²) in [5.74, 6) is -1.24. The predicted octanol–water partition coefficient (Wildman–Crippen LogP) is 2.77. The van der Waals surface area contributed by atoms with Crippen LogP contribution >= 0.6 is 0 Å². The van der Waals surface area contributed by atoms with Crippen LogP contribution in [0.3, 0.4) is 0 Å². The van der Waals surface area contributed by atoms with Gasteiger partial charge in [0.15, 0.2) is 0 Å². The van der Waals surface area contributed by atoms with Gasteiger partial charge in [0.25, 0.3) is 0 Å². The molecule has 132 valence electrons. The van der Waals surface area contributed by atoms with E-state index in [0.29, 0.717) is 0 Å². The third kappa shape index (κ3) is 3.13. The highest BCUT2D eigenvalue weighted by Crippen LogP contribution is 2.38. The van der Waals surface area contributed by atoms with E-state index in [9.17, 15) is 17.1 Å². The lowest BCUT2D eigenvalue weighted by atomic mass is 9.92. The first-order chi connectivity index (χ1) is 11.9. The van der Waals surface area contributed by atoms with E-state index < -0.39 is 21.9 Å². The minimum Gasteiger partial charge on any atom is -0.311 e. The zero-order valence-electron chi connectivity index (χ0n) is 13.7. The first-order valence-electron chi connectivity index (χ1n) is 8.55. The normalized spacial score (nSPS) is 20.9. The van der Waals surface area contributed by atoms with Gasteiger partial charge in [-0.3, -0.25) is 9.78 Å². The Bertz CT molecular complexity index is 958. The Kier molecular flexibility index (Phi) is 3.98. The molecule has 2 aromatic rings. The second kappa shape index (κ2) is 6.05. The Hall–Kier alpha value is -2.02. The number of carbonyl (C=O) groups excluding carboxylic acids is 1. The molecule has 25 heavy (non-hydrogen) atoms. The summed E-state index contributed by atoms with van der Waals surface area (Å²) in [5.41, 5.74) is 3.80. The number of para-hydroxylation sites is 1. The molecule has 4 rings (SSSR count). The number of fused-ring (bicyclic) bond motifs is 2. The average molecular weight is 362 g/mol. The summed E-state index contributed by atoms with van der Waals surface area (Å²) in [6.45, 7) is 0.239. The van der Waals surface area contributed by atoms with Gasteiger partial charge in [-0.05, 0) is 37.3 Å². The second-order valence-electron chi connectivity index (χ2n) is 6.89. The predicted molar refractivity (Wildman–Crippen MR) is 93.7 cm³/mol. The summed E-state index contributed by atoms with van der Waals surface area (Å²) < 4.78 is 35.0. The van der Waals surface area contributed by atoms with Crippen LogP contribution in [0.4, 0.5) is 9.57 Å². The number of carbonyl (C=O) groups is 1. The molecule has 1 atom stereocenters. The van der Waals surface area contributed by atoms with Crippen molar-refractivity contribution in [1.29, 1.82) is 0 Å². The van der Waals surface area contributed by atoms with E-state index in [1.807, 2.05) is 24.3 Å². The molecule has 0 saturated carbocycles. The minimum atomic E-state index is -4.59. The lowest BCUT2D eigenvalue weighted by molar-refractivity contribution is -0.117. The molecule has 5 nitrogen and oxygen atoms in total. The molecule has 1 aliphatic carbocycles. The van der Waals surface area contributed by atoms with Crippen molar-refractivity contribution < 1.29 is 17.1 Å². The van der Waals surface area contributed by atoms with Gasteiger partial charge in [0.2, 0.25) is 5.91 Å². The Morgan fingerprint density at radius 1 is 1.20 bits per heavy atom. The highest BCUT2D eigenvalue weighted by atomic mass is 32.3. The Balaban J connectivity index is 1.82. The minimum absolute atomic E-state index is 0.0641. The van der Waals surface area contributed by atoms with Crippen molar-refractivity contribution in [2.45, 2.75) is 32.1 Å². The number of benzene rings is 1. The smallest absolute Gasteiger partial charge is 0.302 e. The topological polar surface area (TPSA) is 67.3 Å². The quantitative estimate of drug-likeness (QED) is 0.788. The van der Waals surface area contributed by atoms with Crippen molar-refractivity contribution in [1.82, 2.24) is 4.98 Å². The SMILES string of the molecule is O=C1CC(CS(=O)(=O)F)CN1c1c2c(nc3ccccc13)CCCC2. The van der Waals surface area contributed by atoms with Crippen LogP contribution in [-0.2, 0) is 27.9 Å². The molecule has 1 unspecified atom stereocenters. The molecule has 1 aliphatic heterocycles. The van der Waals surface area contributed by atoms with Gasteiger partial charge < -0.3 is 4.90 Å². The molecule has 2 aliphatic rings. The van der Waals surface area contributed by atoms with Crippen LogP contribution in [0.2, 0.25) is 0 Å².